The first kappa shape index (κ1) is 15.0. The highest BCUT2D eigenvalue weighted by molar-refractivity contribution is 4.70. The van der Waals surface area contributed by atoms with Crippen molar-refractivity contribution in [1.82, 2.24) is 5.32 Å². The number of ether oxygens (including phenoxy) is 1. The van der Waals surface area contributed by atoms with Gasteiger partial charge in [0.1, 0.15) is 0 Å². The summed E-state index contributed by atoms with van der Waals surface area (Å²) >= 11 is 0. The third-order valence-electron chi connectivity index (χ3n) is 3.64. The lowest BCUT2D eigenvalue weighted by molar-refractivity contribution is 0.0324. The Morgan fingerprint density at radius 1 is 1.24 bits per heavy atom. The Labute approximate surface area is 108 Å². The van der Waals surface area contributed by atoms with Crippen LogP contribution in [0.3, 0.4) is 0 Å². The maximum atomic E-state index is 6.01. The summed E-state index contributed by atoms with van der Waals surface area (Å²) in [5, 5.41) is 3.51. The van der Waals surface area contributed by atoms with Gasteiger partial charge in [0.05, 0.1) is 6.10 Å². The van der Waals surface area contributed by atoms with E-state index in [-0.39, 0.29) is 0 Å². The van der Waals surface area contributed by atoms with E-state index in [1.165, 1.54) is 38.5 Å². The van der Waals surface area contributed by atoms with Crippen molar-refractivity contribution >= 4 is 0 Å². The minimum absolute atomic E-state index is 0.429. The van der Waals surface area contributed by atoms with Gasteiger partial charge in [-0.3, -0.25) is 0 Å². The molecule has 2 heteroatoms. The van der Waals surface area contributed by atoms with Crippen molar-refractivity contribution in [1.29, 1.82) is 0 Å². The van der Waals surface area contributed by atoms with E-state index in [9.17, 15) is 0 Å². The van der Waals surface area contributed by atoms with Crippen LogP contribution in [0.25, 0.3) is 0 Å². The smallest absolute Gasteiger partial charge is 0.0699 e. The molecule has 1 atom stereocenters. The van der Waals surface area contributed by atoms with E-state index >= 15 is 0 Å². The molecule has 1 N–H and O–H groups in total. The lowest BCUT2D eigenvalue weighted by atomic mass is 9.83. The van der Waals surface area contributed by atoms with Gasteiger partial charge >= 0.3 is 0 Å². The predicted octanol–water partition coefficient (Wildman–Crippen LogP) is 3.61. The van der Waals surface area contributed by atoms with Crippen molar-refractivity contribution in [2.75, 3.05) is 19.7 Å². The maximum Gasteiger partial charge on any atom is 0.0699 e. The van der Waals surface area contributed by atoms with Crippen LogP contribution in [0.15, 0.2) is 0 Å². The van der Waals surface area contributed by atoms with Crippen LogP contribution in [0, 0.1) is 11.8 Å². The standard InChI is InChI=1S/C15H31NO/c1-4-6-15(12-16-11-13(2)3)17-10-9-14-7-5-8-14/h13-16H,4-12H2,1-3H3. The molecule has 102 valence electrons. The van der Waals surface area contributed by atoms with Crippen molar-refractivity contribution in [3.63, 3.8) is 0 Å². The van der Waals surface area contributed by atoms with Crippen LogP contribution in [0.5, 0.6) is 0 Å². The van der Waals surface area contributed by atoms with Crippen molar-refractivity contribution in [2.45, 2.75) is 65.4 Å². The fraction of sp³-hybridized carbons (Fsp3) is 1.00. The molecule has 0 aromatic heterocycles. The fourth-order valence-corrected chi connectivity index (χ4v) is 2.28. The molecule has 0 radical (unpaired) electrons. The molecule has 1 saturated carbocycles. The summed E-state index contributed by atoms with van der Waals surface area (Å²) in [5.74, 6) is 1.70. The molecular weight excluding hydrogens is 210 g/mol. The van der Waals surface area contributed by atoms with Gasteiger partial charge in [0.15, 0.2) is 0 Å². The van der Waals surface area contributed by atoms with Crippen molar-refractivity contribution in [3.05, 3.63) is 0 Å². The third-order valence-corrected chi connectivity index (χ3v) is 3.64. The second-order valence-electron chi connectivity index (χ2n) is 5.92. The zero-order valence-corrected chi connectivity index (χ0v) is 12.0. The summed E-state index contributed by atoms with van der Waals surface area (Å²) in [6.45, 7) is 9.84. The lowest BCUT2D eigenvalue weighted by Gasteiger charge is -2.26. The Bertz CT molecular complexity index is 178. The highest BCUT2D eigenvalue weighted by Crippen LogP contribution is 2.29. The average molecular weight is 241 g/mol. The average Bonchev–Trinajstić information content (AvgIpc) is 2.21. The first-order valence-electron chi connectivity index (χ1n) is 7.54. The molecule has 1 aliphatic carbocycles. The first-order valence-corrected chi connectivity index (χ1v) is 7.54. The Morgan fingerprint density at radius 2 is 2.00 bits per heavy atom. The van der Waals surface area contributed by atoms with Gasteiger partial charge in [-0.15, -0.1) is 0 Å². The first-order chi connectivity index (χ1) is 8.22. The summed E-state index contributed by atoms with van der Waals surface area (Å²) in [6.07, 6.45) is 8.44. The van der Waals surface area contributed by atoms with Gasteiger partial charge in [-0.1, -0.05) is 46.5 Å². The Hall–Kier alpha value is -0.0800. The summed E-state index contributed by atoms with van der Waals surface area (Å²) in [5.41, 5.74) is 0. The van der Waals surface area contributed by atoms with Crippen LogP contribution >= 0.6 is 0 Å². The van der Waals surface area contributed by atoms with Crippen LogP contribution in [-0.2, 0) is 4.74 Å². The van der Waals surface area contributed by atoms with Gasteiger partial charge in [-0.2, -0.15) is 0 Å². The van der Waals surface area contributed by atoms with Crippen LogP contribution < -0.4 is 5.32 Å². The van der Waals surface area contributed by atoms with Gasteiger partial charge in [0, 0.05) is 13.2 Å². The summed E-state index contributed by atoms with van der Waals surface area (Å²) in [4.78, 5) is 0. The molecule has 0 bridgehead atoms. The number of hydrogen-bond donors (Lipinski definition) is 1. The van der Waals surface area contributed by atoms with Gasteiger partial charge in [-0.25, -0.2) is 0 Å². The van der Waals surface area contributed by atoms with Crippen molar-refractivity contribution in [3.8, 4) is 0 Å². The van der Waals surface area contributed by atoms with E-state index in [2.05, 4.69) is 26.1 Å². The highest BCUT2D eigenvalue weighted by Gasteiger charge is 2.17. The lowest BCUT2D eigenvalue weighted by Crippen LogP contribution is -2.32. The van der Waals surface area contributed by atoms with E-state index in [1.807, 2.05) is 0 Å². The van der Waals surface area contributed by atoms with Crippen molar-refractivity contribution in [2.24, 2.45) is 11.8 Å². The van der Waals surface area contributed by atoms with Crippen LogP contribution in [-0.4, -0.2) is 25.8 Å². The third kappa shape index (κ3) is 7.05. The van der Waals surface area contributed by atoms with E-state index in [4.69, 9.17) is 4.74 Å². The molecule has 17 heavy (non-hydrogen) atoms. The molecule has 0 spiro atoms. The Morgan fingerprint density at radius 3 is 2.53 bits per heavy atom. The second kappa shape index (κ2) is 8.93. The molecule has 1 rings (SSSR count). The van der Waals surface area contributed by atoms with Gasteiger partial charge in [-0.05, 0) is 31.2 Å². The van der Waals surface area contributed by atoms with Crippen LogP contribution in [0.1, 0.15) is 59.3 Å². The summed E-state index contributed by atoms with van der Waals surface area (Å²) in [6, 6.07) is 0. The molecule has 1 unspecified atom stereocenters. The number of hydrogen-bond acceptors (Lipinski definition) is 2. The highest BCUT2D eigenvalue weighted by atomic mass is 16.5. The molecule has 0 aromatic rings. The van der Waals surface area contributed by atoms with Crippen molar-refractivity contribution < 1.29 is 4.74 Å². The minimum Gasteiger partial charge on any atom is -0.377 e. The van der Waals surface area contributed by atoms with E-state index in [1.54, 1.807) is 0 Å². The van der Waals surface area contributed by atoms with E-state index in [0.29, 0.717) is 6.10 Å². The maximum absolute atomic E-state index is 6.01. The van der Waals surface area contributed by atoms with Crippen LogP contribution in [0.4, 0.5) is 0 Å². The van der Waals surface area contributed by atoms with E-state index < -0.39 is 0 Å². The van der Waals surface area contributed by atoms with Gasteiger partial charge < -0.3 is 10.1 Å². The molecule has 1 aliphatic rings. The van der Waals surface area contributed by atoms with E-state index in [0.717, 1.165) is 31.5 Å². The zero-order chi connectivity index (χ0) is 12.5. The summed E-state index contributed by atoms with van der Waals surface area (Å²) < 4.78 is 6.01. The fourth-order valence-electron chi connectivity index (χ4n) is 2.28. The molecule has 0 amide bonds. The summed E-state index contributed by atoms with van der Waals surface area (Å²) in [7, 11) is 0. The normalized spacial score (nSPS) is 18.4. The molecule has 1 fully saturated rings. The molecular formula is C15H31NO. The molecule has 0 heterocycles. The molecule has 0 saturated heterocycles. The largest absolute Gasteiger partial charge is 0.377 e. The molecule has 2 nitrogen and oxygen atoms in total. The second-order valence-corrected chi connectivity index (χ2v) is 5.92. The quantitative estimate of drug-likeness (QED) is 0.631. The number of nitrogens with one attached hydrogen (secondary N) is 1. The monoisotopic (exact) mass is 241 g/mol. The SMILES string of the molecule is CCCC(CNCC(C)C)OCCC1CCC1. The predicted molar refractivity (Wildman–Crippen MR) is 74.3 cm³/mol. The minimum atomic E-state index is 0.429. The van der Waals surface area contributed by atoms with Gasteiger partial charge in [0.25, 0.3) is 0 Å². The topological polar surface area (TPSA) is 21.3 Å². The van der Waals surface area contributed by atoms with Crippen LogP contribution in [0.2, 0.25) is 0 Å². The van der Waals surface area contributed by atoms with Gasteiger partial charge in [0.2, 0.25) is 0 Å². The molecule has 0 aliphatic heterocycles. The zero-order valence-electron chi connectivity index (χ0n) is 12.0. The number of rotatable bonds is 10. The molecule has 0 aromatic carbocycles. The Kier molecular flexibility index (Phi) is 7.87. The Balaban J connectivity index is 2.03.